The standard InChI is InChI=1S/C13H21N7O2/c21-12(15-8-11-16-18-19-17-11)9-5-10(7-14-6-9)13(22)20-3-1-2-4-20/h9-10,14H,1-8H2,(H,15,21)(H,16,17,18,19)/t9-,10-/m0/s1. The van der Waals surface area contributed by atoms with Crippen molar-refractivity contribution >= 4 is 11.8 Å². The molecule has 2 aliphatic heterocycles. The first kappa shape index (κ1) is 14.9. The van der Waals surface area contributed by atoms with Crippen LogP contribution in [0.5, 0.6) is 0 Å². The number of tetrazole rings is 1. The van der Waals surface area contributed by atoms with Crippen LogP contribution in [0.25, 0.3) is 0 Å². The van der Waals surface area contributed by atoms with Crippen molar-refractivity contribution in [2.45, 2.75) is 25.8 Å². The number of nitrogens with zero attached hydrogens (tertiary/aromatic N) is 4. The number of carbonyl (C=O) groups excluding carboxylic acids is 2. The summed E-state index contributed by atoms with van der Waals surface area (Å²) < 4.78 is 0. The smallest absolute Gasteiger partial charge is 0.226 e. The number of hydrogen-bond acceptors (Lipinski definition) is 6. The van der Waals surface area contributed by atoms with Crippen LogP contribution in [-0.4, -0.2) is 63.5 Å². The summed E-state index contributed by atoms with van der Waals surface area (Å²) in [5.74, 6) is 0.253. The van der Waals surface area contributed by atoms with Gasteiger partial charge in [0.25, 0.3) is 0 Å². The molecule has 0 spiro atoms. The van der Waals surface area contributed by atoms with Crippen LogP contribution in [0.2, 0.25) is 0 Å². The summed E-state index contributed by atoms with van der Waals surface area (Å²) >= 11 is 0. The van der Waals surface area contributed by atoms with Gasteiger partial charge in [-0.3, -0.25) is 9.59 Å². The molecule has 0 radical (unpaired) electrons. The predicted octanol–water partition coefficient (Wildman–Crippen LogP) is -1.34. The van der Waals surface area contributed by atoms with Crippen LogP contribution in [0.1, 0.15) is 25.1 Å². The maximum absolute atomic E-state index is 12.4. The van der Waals surface area contributed by atoms with Crippen molar-refractivity contribution in [1.82, 2.24) is 36.2 Å². The highest BCUT2D eigenvalue weighted by Gasteiger charge is 2.33. The Kier molecular flexibility index (Phi) is 4.62. The predicted molar refractivity (Wildman–Crippen MR) is 76.3 cm³/mol. The molecule has 2 aliphatic rings. The molecular weight excluding hydrogens is 286 g/mol. The third-order valence-electron chi connectivity index (χ3n) is 4.30. The second-order valence-corrected chi connectivity index (χ2v) is 5.87. The fraction of sp³-hybridized carbons (Fsp3) is 0.769. The van der Waals surface area contributed by atoms with Gasteiger partial charge in [-0.2, -0.15) is 5.21 Å². The quantitative estimate of drug-likeness (QED) is 0.634. The molecule has 120 valence electrons. The van der Waals surface area contributed by atoms with E-state index in [1.165, 1.54) is 0 Å². The number of amides is 2. The maximum atomic E-state index is 12.4. The Morgan fingerprint density at radius 2 is 2.00 bits per heavy atom. The molecule has 0 aliphatic carbocycles. The largest absolute Gasteiger partial charge is 0.348 e. The van der Waals surface area contributed by atoms with Gasteiger partial charge < -0.3 is 15.5 Å². The van der Waals surface area contributed by atoms with Gasteiger partial charge >= 0.3 is 0 Å². The average Bonchev–Trinajstić information content (AvgIpc) is 3.25. The number of hydrogen-bond donors (Lipinski definition) is 3. The Hall–Kier alpha value is -2.03. The number of piperidine rings is 1. The molecule has 2 atom stereocenters. The van der Waals surface area contributed by atoms with Crippen molar-refractivity contribution in [3.63, 3.8) is 0 Å². The molecule has 9 heteroatoms. The van der Waals surface area contributed by atoms with Crippen LogP contribution in [-0.2, 0) is 16.1 Å². The van der Waals surface area contributed by atoms with Crippen molar-refractivity contribution in [2.75, 3.05) is 26.2 Å². The van der Waals surface area contributed by atoms with E-state index in [2.05, 4.69) is 31.3 Å². The van der Waals surface area contributed by atoms with E-state index in [9.17, 15) is 9.59 Å². The zero-order chi connectivity index (χ0) is 15.4. The Balaban J connectivity index is 1.51. The summed E-state index contributed by atoms with van der Waals surface area (Å²) in [5.41, 5.74) is 0. The number of nitrogens with one attached hydrogen (secondary N) is 3. The number of aromatic amines is 1. The summed E-state index contributed by atoms with van der Waals surface area (Å²) in [5, 5.41) is 19.4. The lowest BCUT2D eigenvalue weighted by atomic mass is 9.89. The minimum atomic E-state index is -0.197. The van der Waals surface area contributed by atoms with Crippen LogP contribution in [0.15, 0.2) is 0 Å². The monoisotopic (exact) mass is 307 g/mol. The van der Waals surface area contributed by atoms with Gasteiger partial charge in [0.1, 0.15) is 0 Å². The highest BCUT2D eigenvalue weighted by molar-refractivity contribution is 5.83. The second-order valence-electron chi connectivity index (χ2n) is 5.87. The Morgan fingerprint density at radius 1 is 1.23 bits per heavy atom. The van der Waals surface area contributed by atoms with Gasteiger partial charge in [-0.1, -0.05) is 5.21 Å². The van der Waals surface area contributed by atoms with Gasteiger partial charge in [0.2, 0.25) is 11.8 Å². The van der Waals surface area contributed by atoms with Gasteiger partial charge in [-0.15, -0.1) is 10.2 Å². The SMILES string of the molecule is O=C(NCc1nn[nH]n1)[C@@H]1CNC[C@@H](C(=O)N2CCCC2)C1. The third kappa shape index (κ3) is 3.41. The summed E-state index contributed by atoms with van der Waals surface area (Å²) in [6.07, 6.45) is 2.77. The van der Waals surface area contributed by atoms with Gasteiger partial charge in [0.15, 0.2) is 5.82 Å². The molecule has 3 N–H and O–H groups in total. The highest BCUT2D eigenvalue weighted by Crippen LogP contribution is 2.21. The van der Waals surface area contributed by atoms with Crippen LogP contribution in [0, 0.1) is 11.8 Å². The number of carbonyl (C=O) groups is 2. The molecule has 3 rings (SSSR count). The zero-order valence-electron chi connectivity index (χ0n) is 12.4. The lowest BCUT2D eigenvalue weighted by Gasteiger charge is -2.31. The van der Waals surface area contributed by atoms with Crippen molar-refractivity contribution < 1.29 is 9.59 Å². The number of rotatable bonds is 4. The van der Waals surface area contributed by atoms with Gasteiger partial charge in [0.05, 0.1) is 18.4 Å². The van der Waals surface area contributed by atoms with Crippen LogP contribution >= 0.6 is 0 Å². The van der Waals surface area contributed by atoms with E-state index in [0.717, 1.165) is 25.9 Å². The van der Waals surface area contributed by atoms with E-state index in [1.54, 1.807) is 0 Å². The van der Waals surface area contributed by atoms with E-state index >= 15 is 0 Å². The van der Waals surface area contributed by atoms with Crippen molar-refractivity contribution in [3.05, 3.63) is 5.82 Å². The Labute approximate surface area is 128 Å². The van der Waals surface area contributed by atoms with Gasteiger partial charge in [0, 0.05) is 26.2 Å². The Morgan fingerprint density at radius 3 is 2.73 bits per heavy atom. The first-order valence-electron chi connectivity index (χ1n) is 7.73. The highest BCUT2D eigenvalue weighted by atomic mass is 16.2. The van der Waals surface area contributed by atoms with Crippen LogP contribution in [0.3, 0.4) is 0 Å². The summed E-state index contributed by atoms with van der Waals surface area (Å²) in [4.78, 5) is 26.6. The first-order chi connectivity index (χ1) is 10.7. The molecule has 2 fully saturated rings. The van der Waals surface area contributed by atoms with Gasteiger partial charge in [-0.25, -0.2) is 0 Å². The molecule has 9 nitrogen and oxygen atoms in total. The first-order valence-corrected chi connectivity index (χ1v) is 7.73. The number of likely N-dealkylation sites (tertiary alicyclic amines) is 1. The molecule has 0 bridgehead atoms. The molecule has 0 saturated carbocycles. The van der Waals surface area contributed by atoms with E-state index in [0.29, 0.717) is 25.3 Å². The minimum absolute atomic E-state index is 0.0729. The summed E-state index contributed by atoms with van der Waals surface area (Å²) in [6, 6.07) is 0. The number of aromatic nitrogens is 4. The van der Waals surface area contributed by atoms with E-state index < -0.39 is 0 Å². The molecule has 2 amide bonds. The zero-order valence-corrected chi connectivity index (χ0v) is 12.4. The van der Waals surface area contributed by atoms with E-state index in [-0.39, 0.29) is 30.2 Å². The third-order valence-corrected chi connectivity index (χ3v) is 4.30. The topological polar surface area (TPSA) is 116 Å². The van der Waals surface area contributed by atoms with E-state index in [4.69, 9.17) is 0 Å². The summed E-state index contributed by atoms with van der Waals surface area (Å²) in [7, 11) is 0. The molecule has 22 heavy (non-hydrogen) atoms. The van der Waals surface area contributed by atoms with Crippen LogP contribution in [0.4, 0.5) is 0 Å². The molecule has 0 aromatic carbocycles. The summed E-state index contributed by atoms with van der Waals surface area (Å²) in [6.45, 7) is 3.20. The second kappa shape index (κ2) is 6.82. The van der Waals surface area contributed by atoms with E-state index in [1.807, 2.05) is 4.90 Å². The molecule has 2 saturated heterocycles. The fourth-order valence-corrected chi connectivity index (χ4v) is 3.09. The maximum Gasteiger partial charge on any atom is 0.226 e. The normalized spacial score (nSPS) is 25.2. The lowest BCUT2D eigenvalue weighted by Crippen LogP contribution is -2.48. The fourth-order valence-electron chi connectivity index (χ4n) is 3.09. The lowest BCUT2D eigenvalue weighted by molar-refractivity contribution is -0.136. The minimum Gasteiger partial charge on any atom is -0.348 e. The van der Waals surface area contributed by atoms with Crippen molar-refractivity contribution in [2.24, 2.45) is 11.8 Å². The number of H-pyrrole nitrogens is 1. The molecule has 3 heterocycles. The molecule has 1 aromatic rings. The van der Waals surface area contributed by atoms with Crippen LogP contribution < -0.4 is 10.6 Å². The molecule has 0 unspecified atom stereocenters. The molecule has 1 aromatic heterocycles. The Bertz CT molecular complexity index is 512. The van der Waals surface area contributed by atoms with Crippen molar-refractivity contribution in [1.29, 1.82) is 0 Å². The van der Waals surface area contributed by atoms with Crippen molar-refractivity contribution in [3.8, 4) is 0 Å². The molecular formula is C13H21N7O2. The van der Waals surface area contributed by atoms with Gasteiger partial charge in [-0.05, 0) is 19.3 Å². The average molecular weight is 307 g/mol.